The van der Waals surface area contributed by atoms with Crippen LogP contribution in [-0.4, -0.2) is 27.5 Å². The Morgan fingerprint density at radius 3 is 2.85 bits per heavy atom. The Kier molecular flexibility index (Phi) is 3.05. The van der Waals surface area contributed by atoms with Crippen molar-refractivity contribution < 1.29 is 10.2 Å². The number of rotatable bonds is 3. The predicted molar refractivity (Wildman–Crippen MR) is 48.2 cm³/mol. The summed E-state index contributed by atoms with van der Waals surface area (Å²) in [5.74, 6) is 0. The van der Waals surface area contributed by atoms with Crippen LogP contribution in [0.2, 0.25) is 0 Å². The van der Waals surface area contributed by atoms with Crippen LogP contribution in [0, 0.1) is 0 Å². The van der Waals surface area contributed by atoms with Crippen LogP contribution in [0.25, 0.3) is 0 Å². The number of aliphatic hydroxyl groups is 2. The van der Waals surface area contributed by atoms with Gasteiger partial charge in [-0.25, -0.2) is 0 Å². The quantitative estimate of drug-likeness (QED) is 0.549. The van der Waals surface area contributed by atoms with Crippen molar-refractivity contribution in [1.82, 2.24) is 4.57 Å². The third kappa shape index (κ3) is 2.57. The molecule has 0 saturated heterocycles. The molecule has 0 radical (unpaired) electrons. The van der Waals surface area contributed by atoms with Gasteiger partial charge in [-0.1, -0.05) is 0 Å². The van der Waals surface area contributed by atoms with Crippen molar-refractivity contribution in [2.45, 2.75) is 12.6 Å². The SMILES string of the molecule is Nc1cn(CC(O)CO)ccc1=O. The van der Waals surface area contributed by atoms with E-state index in [0.717, 1.165) is 0 Å². The summed E-state index contributed by atoms with van der Waals surface area (Å²) >= 11 is 0. The van der Waals surface area contributed by atoms with Crippen LogP contribution in [0.15, 0.2) is 23.3 Å². The van der Waals surface area contributed by atoms with E-state index in [0.29, 0.717) is 0 Å². The van der Waals surface area contributed by atoms with Crippen molar-refractivity contribution in [3.05, 3.63) is 28.7 Å². The van der Waals surface area contributed by atoms with Gasteiger partial charge in [0.1, 0.15) is 0 Å². The Balaban J connectivity index is 2.79. The van der Waals surface area contributed by atoms with Crippen LogP contribution < -0.4 is 11.2 Å². The minimum Gasteiger partial charge on any atom is -0.394 e. The molecule has 0 amide bonds. The second-order valence-electron chi connectivity index (χ2n) is 2.80. The van der Waals surface area contributed by atoms with Crippen molar-refractivity contribution in [1.29, 1.82) is 0 Å². The highest BCUT2D eigenvalue weighted by molar-refractivity contribution is 5.33. The van der Waals surface area contributed by atoms with E-state index in [9.17, 15) is 4.79 Å². The van der Waals surface area contributed by atoms with Crippen LogP contribution in [-0.2, 0) is 6.54 Å². The first-order chi connectivity index (χ1) is 6.13. The number of aromatic nitrogens is 1. The third-order valence-corrected chi connectivity index (χ3v) is 1.64. The molecule has 72 valence electrons. The Morgan fingerprint density at radius 2 is 2.31 bits per heavy atom. The first-order valence-electron chi connectivity index (χ1n) is 3.88. The van der Waals surface area contributed by atoms with E-state index in [4.69, 9.17) is 15.9 Å². The molecule has 5 nitrogen and oxygen atoms in total. The van der Waals surface area contributed by atoms with Gasteiger partial charge in [0, 0.05) is 18.5 Å². The lowest BCUT2D eigenvalue weighted by Crippen LogP contribution is -2.21. The molecule has 0 bridgehead atoms. The van der Waals surface area contributed by atoms with Crippen molar-refractivity contribution >= 4 is 5.69 Å². The molecule has 1 aromatic rings. The van der Waals surface area contributed by atoms with Crippen molar-refractivity contribution in [3.63, 3.8) is 0 Å². The maximum atomic E-state index is 10.9. The van der Waals surface area contributed by atoms with Crippen molar-refractivity contribution in [2.75, 3.05) is 12.3 Å². The van der Waals surface area contributed by atoms with Gasteiger partial charge in [-0.3, -0.25) is 4.79 Å². The summed E-state index contributed by atoms with van der Waals surface area (Å²) in [5.41, 5.74) is 5.25. The summed E-state index contributed by atoms with van der Waals surface area (Å²) in [7, 11) is 0. The molecular formula is C8H12N2O3. The highest BCUT2D eigenvalue weighted by atomic mass is 16.3. The van der Waals surface area contributed by atoms with E-state index in [2.05, 4.69) is 0 Å². The second kappa shape index (κ2) is 4.06. The molecule has 1 rings (SSSR count). The van der Waals surface area contributed by atoms with Gasteiger partial charge in [0.15, 0.2) is 0 Å². The molecule has 0 spiro atoms. The standard InChI is InChI=1S/C8H12N2O3/c9-7-4-10(2-1-8(7)13)3-6(12)5-11/h1-2,4,6,11-12H,3,5,9H2. The second-order valence-corrected chi connectivity index (χ2v) is 2.80. The van der Waals surface area contributed by atoms with E-state index in [-0.39, 0.29) is 24.3 Å². The van der Waals surface area contributed by atoms with Gasteiger partial charge in [0.05, 0.1) is 24.9 Å². The molecule has 1 atom stereocenters. The van der Waals surface area contributed by atoms with Gasteiger partial charge in [0.2, 0.25) is 5.43 Å². The molecule has 0 aliphatic carbocycles. The van der Waals surface area contributed by atoms with Gasteiger partial charge < -0.3 is 20.5 Å². The first kappa shape index (κ1) is 9.76. The number of nitrogen functional groups attached to an aromatic ring is 1. The number of aliphatic hydroxyl groups excluding tert-OH is 2. The average Bonchev–Trinajstić information content (AvgIpc) is 2.11. The largest absolute Gasteiger partial charge is 0.394 e. The molecule has 4 N–H and O–H groups in total. The van der Waals surface area contributed by atoms with Crippen LogP contribution >= 0.6 is 0 Å². The van der Waals surface area contributed by atoms with E-state index in [1.54, 1.807) is 4.57 Å². The number of nitrogens with two attached hydrogens (primary N) is 1. The normalized spacial score (nSPS) is 12.8. The highest BCUT2D eigenvalue weighted by Gasteiger charge is 2.02. The fourth-order valence-corrected chi connectivity index (χ4v) is 0.960. The number of anilines is 1. The predicted octanol–water partition coefficient (Wildman–Crippen LogP) is -1.22. The third-order valence-electron chi connectivity index (χ3n) is 1.64. The molecule has 0 aromatic carbocycles. The van der Waals surface area contributed by atoms with Crippen LogP contribution in [0.1, 0.15) is 0 Å². The molecule has 0 aliphatic heterocycles. The van der Waals surface area contributed by atoms with Crippen molar-refractivity contribution in [3.8, 4) is 0 Å². The zero-order chi connectivity index (χ0) is 9.84. The molecule has 0 aliphatic rings. The van der Waals surface area contributed by atoms with Gasteiger partial charge >= 0.3 is 0 Å². The summed E-state index contributed by atoms with van der Waals surface area (Å²) < 4.78 is 1.55. The summed E-state index contributed by atoms with van der Waals surface area (Å²) in [6, 6.07) is 1.32. The summed E-state index contributed by atoms with van der Waals surface area (Å²) in [5, 5.41) is 17.6. The maximum absolute atomic E-state index is 10.9. The minimum atomic E-state index is -0.832. The van der Waals surface area contributed by atoms with Crippen molar-refractivity contribution in [2.24, 2.45) is 0 Å². The first-order valence-corrected chi connectivity index (χ1v) is 3.88. The number of pyridine rings is 1. The fourth-order valence-electron chi connectivity index (χ4n) is 0.960. The molecule has 1 unspecified atom stereocenters. The van der Waals surface area contributed by atoms with Gasteiger partial charge in [-0.05, 0) is 0 Å². The van der Waals surface area contributed by atoms with E-state index < -0.39 is 6.10 Å². The average molecular weight is 184 g/mol. The lowest BCUT2D eigenvalue weighted by molar-refractivity contribution is 0.0811. The lowest BCUT2D eigenvalue weighted by atomic mass is 10.3. The highest BCUT2D eigenvalue weighted by Crippen LogP contribution is 1.95. The minimum absolute atomic E-state index is 0.132. The molecule has 13 heavy (non-hydrogen) atoms. The lowest BCUT2D eigenvalue weighted by Gasteiger charge is -2.10. The van der Waals surface area contributed by atoms with Crippen LogP contribution in [0.4, 0.5) is 5.69 Å². The molecule has 1 heterocycles. The monoisotopic (exact) mass is 184 g/mol. The summed E-state index contributed by atoms with van der Waals surface area (Å²) in [4.78, 5) is 10.9. The van der Waals surface area contributed by atoms with E-state index >= 15 is 0 Å². The summed E-state index contributed by atoms with van der Waals surface area (Å²) in [6.07, 6.45) is 2.11. The zero-order valence-electron chi connectivity index (χ0n) is 7.05. The van der Waals surface area contributed by atoms with E-state index in [1.807, 2.05) is 0 Å². The van der Waals surface area contributed by atoms with Gasteiger partial charge in [0.25, 0.3) is 0 Å². The number of nitrogens with zero attached hydrogens (tertiary/aromatic N) is 1. The van der Waals surface area contributed by atoms with E-state index in [1.165, 1.54) is 18.5 Å². The molecule has 1 aromatic heterocycles. The van der Waals surface area contributed by atoms with Gasteiger partial charge in [-0.15, -0.1) is 0 Å². The van der Waals surface area contributed by atoms with Gasteiger partial charge in [-0.2, -0.15) is 0 Å². The zero-order valence-corrected chi connectivity index (χ0v) is 7.05. The molecular weight excluding hydrogens is 172 g/mol. The Labute approximate surface area is 75.0 Å². The van der Waals surface area contributed by atoms with Crippen LogP contribution in [0.3, 0.4) is 0 Å². The maximum Gasteiger partial charge on any atom is 0.204 e. The topological polar surface area (TPSA) is 88.5 Å². The Morgan fingerprint density at radius 1 is 1.62 bits per heavy atom. The molecule has 0 saturated carbocycles. The Hall–Kier alpha value is -1.33. The van der Waals surface area contributed by atoms with Crippen LogP contribution in [0.5, 0.6) is 0 Å². The number of hydrogen-bond acceptors (Lipinski definition) is 4. The fraction of sp³-hybridized carbons (Fsp3) is 0.375. The smallest absolute Gasteiger partial charge is 0.204 e. The summed E-state index contributed by atoms with van der Waals surface area (Å²) in [6.45, 7) is -0.0903. The number of hydrogen-bond donors (Lipinski definition) is 3. The molecule has 5 heteroatoms. The Bertz CT molecular complexity index is 334. The molecule has 0 fully saturated rings.